The lowest BCUT2D eigenvalue weighted by Crippen LogP contribution is -2.51. The van der Waals surface area contributed by atoms with E-state index in [0.717, 1.165) is 0 Å². The quantitative estimate of drug-likeness (QED) is 0.549. The fourth-order valence-electron chi connectivity index (χ4n) is 4.45. The molecule has 3 heterocycles. The number of carboxylic acid groups (broad SMARTS) is 1. The van der Waals surface area contributed by atoms with E-state index in [1.54, 1.807) is 6.07 Å². The third kappa shape index (κ3) is 4.46. The SMILES string of the molecule is CC(=O)Nc1ccc(S(=O)(=O)Nc2ccc3n(c2=O)C[C@H]2C[C@@H]3CN(C(=O)C(=O)O)C2)cc1. The van der Waals surface area contributed by atoms with Crippen molar-refractivity contribution in [2.24, 2.45) is 5.92 Å². The predicted molar refractivity (Wildman–Crippen MR) is 117 cm³/mol. The molecule has 3 N–H and O–H groups in total. The van der Waals surface area contributed by atoms with Gasteiger partial charge in [-0.25, -0.2) is 13.2 Å². The zero-order chi connectivity index (χ0) is 23.9. The van der Waals surface area contributed by atoms with E-state index >= 15 is 0 Å². The van der Waals surface area contributed by atoms with Gasteiger partial charge in [0.25, 0.3) is 15.6 Å². The number of pyridine rings is 1. The first-order valence-corrected chi connectivity index (χ1v) is 11.7. The molecule has 1 aromatic carbocycles. The Morgan fingerprint density at radius 1 is 1.03 bits per heavy atom. The molecule has 12 heteroatoms. The minimum absolute atomic E-state index is 0.0709. The highest BCUT2D eigenvalue weighted by atomic mass is 32.2. The van der Waals surface area contributed by atoms with Crippen molar-refractivity contribution in [3.63, 3.8) is 0 Å². The molecule has 0 saturated carbocycles. The van der Waals surface area contributed by atoms with Crippen molar-refractivity contribution in [3.8, 4) is 0 Å². The van der Waals surface area contributed by atoms with E-state index < -0.39 is 27.5 Å². The van der Waals surface area contributed by atoms with Crippen LogP contribution < -0.4 is 15.6 Å². The molecule has 1 saturated heterocycles. The van der Waals surface area contributed by atoms with Crippen LogP contribution in [-0.4, -0.2) is 53.9 Å². The largest absolute Gasteiger partial charge is 0.474 e. The number of aromatic nitrogens is 1. The van der Waals surface area contributed by atoms with Gasteiger partial charge in [-0.05, 0) is 48.7 Å². The fourth-order valence-corrected chi connectivity index (χ4v) is 5.51. The first-order valence-electron chi connectivity index (χ1n) is 10.2. The normalized spacial score (nSPS) is 19.4. The van der Waals surface area contributed by atoms with E-state index in [2.05, 4.69) is 10.0 Å². The Morgan fingerprint density at radius 2 is 1.73 bits per heavy atom. The first kappa shape index (κ1) is 22.5. The summed E-state index contributed by atoms with van der Waals surface area (Å²) in [5, 5.41) is 11.5. The number of nitrogens with zero attached hydrogens (tertiary/aromatic N) is 2. The van der Waals surface area contributed by atoms with Crippen LogP contribution in [-0.2, 0) is 31.0 Å². The Morgan fingerprint density at radius 3 is 2.36 bits per heavy atom. The zero-order valence-electron chi connectivity index (χ0n) is 17.6. The summed E-state index contributed by atoms with van der Waals surface area (Å²) in [4.78, 5) is 48.3. The topological polar surface area (TPSA) is 155 Å². The molecule has 1 fully saturated rings. The Bertz CT molecular complexity index is 1300. The number of amides is 2. The Balaban J connectivity index is 1.58. The molecule has 2 atom stereocenters. The molecule has 2 aliphatic rings. The first-order chi connectivity index (χ1) is 15.5. The number of hydrogen-bond acceptors (Lipinski definition) is 6. The van der Waals surface area contributed by atoms with E-state index in [1.807, 2.05) is 0 Å². The highest BCUT2D eigenvalue weighted by Gasteiger charge is 2.38. The van der Waals surface area contributed by atoms with Gasteiger partial charge in [0.05, 0.1) is 4.90 Å². The molecule has 33 heavy (non-hydrogen) atoms. The van der Waals surface area contributed by atoms with Gasteiger partial charge in [-0.2, -0.15) is 0 Å². The van der Waals surface area contributed by atoms with Crippen LogP contribution in [0.2, 0.25) is 0 Å². The number of anilines is 2. The second-order valence-corrected chi connectivity index (χ2v) is 9.90. The molecular formula is C21H22N4O7S. The van der Waals surface area contributed by atoms with Crippen LogP contribution in [0.15, 0.2) is 46.1 Å². The fraction of sp³-hybridized carbons (Fsp3) is 0.333. The maximum Gasteiger partial charge on any atom is 0.394 e. The molecule has 0 radical (unpaired) electrons. The number of fused-ring (bicyclic) bond motifs is 4. The van der Waals surface area contributed by atoms with E-state index in [0.29, 0.717) is 17.8 Å². The van der Waals surface area contributed by atoms with E-state index in [-0.39, 0.29) is 48.0 Å². The van der Waals surface area contributed by atoms with Crippen LogP contribution in [0.5, 0.6) is 0 Å². The molecule has 11 nitrogen and oxygen atoms in total. The molecule has 0 aliphatic carbocycles. The summed E-state index contributed by atoms with van der Waals surface area (Å²) in [6.07, 6.45) is 0.717. The van der Waals surface area contributed by atoms with E-state index in [1.165, 1.54) is 46.7 Å². The molecule has 1 aromatic heterocycles. The maximum atomic E-state index is 13.1. The van der Waals surface area contributed by atoms with Gasteiger partial charge in [0.15, 0.2) is 0 Å². The third-order valence-electron chi connectivity index (χ3n) is 5.80. The van der Waals surface area contributed by atoms with Crippen LogP contribution in [0.3, 0.4) is 0 Å². The van der Waals surface area contributed by atoms with Crippen molar-refractivity contribution in [3.05, 3.63) is 52.4 Å². The lowest BCUT2D eigenvalue weighted by atomic mass is 9.83. The number of hydrogen-bond donors (Lipinski definition) is 3. The van der Waals surface area contributed by atoms with Gasteiger partial charge in [-0.1, -0.05) is 0 Å². The van der Waals surface area contributed by atoms with Crippen molar-refractivity contribution < 1.29 is 27.9 Å². The van der Waals surface area contributed by atoms with Crippen molar-refractivity contribution in [2.75, 3.05) is 23.1 Å². The van der Waals surface area contributed by atoms with Gasteiger partial charge in [0.1, 0.15) is 5.69 Å². The number of sulfonamides is 1. The highest BCUT2D eigenvalue weighted by molar-refractivity contribution is 7.92. The average Bonchev–Trinajstić information content (AvgIpc) is 2.75. The summed E-state index contributed by atoms with van der Waals surface area (Å²) in [7, 11) is -4.05. The van der Waals surface area contributed by atoms with Gasteiger partial charge in [-0.15, -0.1) is 0 Å². The van der Waals surface area contributed by atoms with Crippen LogP contribution >= 0.6 is 0 Å². The molecule has 2 aromatic rings. The standard InChI is InChI=1S/C21H22N4O7S/c1-12(26)22-15-2-4-16(5-3-15)33(31,32)23-17-6-7-18-14-8-13(10-25(18)19(17)27)9-24(11-14)20(28)21(29)30/h2-7,13-14,23H,8-11H2,1H3,(H,22,26)(H,29,30)/t13-,14+/m0/s1. The smallest absolute Gasteiger partial charge is 0.394 e. The van der Waals surface area contributed by atoms with Gasteiger partial charge < -0.3 is 19.9 Å². The van der Waals surface area contributed by atoms with Crippen molar-refractivity contribution >= 4 is 39.2 Å². The Hall–Kier alpha value is -3.67. The molecule has 4 rings (SSSR count). The summed E-state index contributed by atoms with van der Waals surface area (Å²) in [6, 6.07) is 8.55. The number of rotatable bonds is 4. The molecule has 0 spiro atoms. The van der Waals surface area contributed by atoms with Gasteiger partial charge >= 0.3 is 11.9 Å². The number of likely N-dealkylation sites (tertiary alicyclic amines) is 1. The van der Waals surface area contributed by atoms with Crippen LogP contribution in [0.25, 0.3) is 0 Å². The third-order valence-corrected chi connectivity index (χ3v) is 7.19. The molecule has 2 amide bonds. The second kappa shape index (κ2) is 8.35. The number of carboxylic acids is 1. The van der Waals surface area contributed by atoms with E-state index in [9.17, 15) is 27.6 Å². The van der Waals surface area contributed by atoms with Crippen molar-refractivity contribution in [1.82, 2.24) is 9.47 Å². The van der Waals surface area contributed by atoms with Gasteiger partial charge in [0, 0.05) is 43.9 Å². The predicted octanol–water partition coefficient (Wildman–Crippen LogP) is 0.638. The Labute approximate surface area is 189 Å². The number of carbonyl (C=O) groups is 3. The lowest BCUT2D eigenvalue weighted by Gasteiger charge is -2.42. The average molecular weight is 474 g/mol. The van der Waals surface area contributed by atoms with Crippen LogP contribution in [0.1, 0.15) is 25.0 Å². The summed E-state index contributed by atoms with van der Waals surface area (Å²) >= 11 is 0. The molecule has 2 bridgehead atoms. The second-order valence-electron chi connectivity index (χ2n) is 8.21. The minimum atomic E-state index is -4.05. The minimum Gasteiger partial charge on any atom is -0.474 e. The van der Waals surface area contributed by atoms with E-state index in [4.69, 9.17) is 5.11 Å². The summed E-state index contributed by atoms with van der Waals surface area (Å²) in [5.41, 5.74) is 0.473. The number of piperidine rings is 1. The molecular weight excluding hydrogens is 452 g/mol. The molecule has 174 valence electrons. The maximum absolute atomic E-state index is 13.1. The zero-order valence-corrected chi connectivity index (χ0v) is 18.5. The summed E-state index contributed by atoms with van der Waals surface area (Å²) in [6.45, 7) is 2.01. The Kier molecular flexibility index (Phi) is 5.70. The van der Waals surface area contributed by atoms with Gasteiger partial charge in [-0.3, -0.25) is 19.1 Å². The van der Waals surface area contributed by atoms with Crippen molar-refractivity contribution in [2.45, 2.75) is 30.7 Å². The van der Waals surface area contributed by atoms with Gasteiger partial charge in [0.2, 0.25) is 5.91 Å². The lowest BCUT2D eigenvalue weighted by molar-refractivity contribution is -0.157. The number of benzene rings is 1. The summed E-state index contributed by atoms with van der Waals surface area (Å²) < 4.78 is 29.4. The highest BCUT2D eigenvalue weighted by Crippen LogP contribution is 2.35. The number of carbonyl (C=O) groups excluding carboxylic acids is 2. The molecule has 0 unspecified atom stereocenters. The number of nitrogens with one attached hydrogen (secondary N) is 2. The number of aliphatic carboxylic acids is 1. The summed E-state index contributed by atoms with van der Waals surface area (Å²) in [5.74, 6) is -3.08. The van der Waals surface area contributed by atoms with Crippen LogP contribution in [0.4, 0.5) is 11.4 Å². The van der Waals surface area contributed by atoms with Crippen molar-refractivity contribution in [1.29, 1.82) is 0 Å². The van der Waals surface area contributed by atoms with Crippen LogP contribution in [0, 0.1) is 5.92 Å². The molecule has 2 aliphatic heterocycles. The monoisotopic (exact) mass is 474 g/mol.